The predicted octanol–water partition coefficient (Wildman–Crippen LogP) is 0.423. The van der Waals surface area contributed by atoms with E-state index in [1.807, 2.05) is 0 Å². The van der Waals surface area contributed by atoms with Crippen molar-refractivity contribution in [3.63, 3.8) is 0 Å². The maximum absolute atomic E-state index is 11.8. The minimum Gasteiger partial charge on any atom is -0.452 e. The number of nitrogens with zero attached hydrogens (tertiary/aromatic N) is 1. The molecule has 0 radical (unpaired) electrons. The Labute approximate surface area is 94.7 Å². The lowest BCUT2D eigenvalue weighted by molar-refractivity contribution is 0.409. The van der Waals surface area contributed by atoms with Crippen molar-refractivity contribution in [3.05, 3.63) is 18.4 Å². The zero-order valence-corrected chi connectivity index (χ0v) is 9.63. The molecule has 15 heavy (non-hydrogen) atoms. The van der Waals surface area contributed by atoms with Crippen LogP contribution >= 0.6 is 12.4 Å². The van der Waals surface area contributed by atoms with Gasteiger partial charge in [0.15, 0.2) is 0 Å². The van der Waals surface area contributed by atoms with E-state index < -0.39 is 10.0 Å². The van der Waals surface area contributed by atoms with Crippen LogP contribution < -0.4 is 5.73 Å². The molecule has 0 aromatic carbocycles. The summed E-state index contributed by atoms with van der Waals surface area (Å²) in [5.41, 5.74) is 5.64. The summed E-state index contributed by atoms with van der Waals surface area (Å²) in [5.74, 6) is 0. The monoisotopic (exact) mass is 252 g/mol. The largest absolute Gasteiger partial charge is 0.452 e. The molecule has 2 heterocycles. The number of furan rings is 1. The van der Waals surface area contributed by atoms with Crippen molar-refractivity contribution in [3.8, 4) is 0 Å². The summed E-state index contributed by atoms with van der Waals surface area (Å²) >= 11 is 0. The van der Waals surface area contributed by atoms with Crippen molar-refractivity contribution in [2.45, 2.75) is 17.6 Å². The van der Waals surface area contributed by atoms with Crippen molar-refractivity contribution in [1.29, 1.82) is 0 Å². The lowest BCUT2D eigenvalue weighted by atomic mass is 10.3. The lowest BCUT2D eigenvalue weighted by Gasteiger charge is -2.13. The Bertz CT molecular complexity index is 404. The molecule has 1 fully saturated rings. The highest BCUT2D eigenvalue weighted by atomic mass is 35.5. The topological polar surface area (TPSA) is 76.5 Å². The van der Waals surface area contributed by atoms with Gasteiger partial charge in [0.25, 0.3) is 10.0 Å². The maximum Gasteiger partial charge on any atom is 0.276 e. The van der Waals surface area contributed by atoms with Crippen LogP contribution in [0.2, 0.25) is 0 Å². The minimum atomic E-state index is -3.44. The summed E-state index contributed by atoms with van der Waals surface area (Å²) in [6, 6.07) is 2.95. The SMILES string of the molecule is Cl.N[C@@H]1CCN(S(=O)(=O)c2ccco2)C1. The van der Waals surface area contributed by atoms with Crippen LogP contribution in [0.25, 0.3) is 0 Å². The zero-order valence-electron chi connectivity index (χ0n) is 8.00. The highest BCUT2D eigenvalue weighted by Gasteiger charge is 2.32. The van der Waals surface area contributed by atoms with Gasteiger partial charge < -0.3 is 10.2 Å². The number of hydrogen-bond donors (Lipinski definition) is 1. The molecule has 5 nitrogen and oxygen atoms in total. The van der Waals surface area contributed by atoms with Gasteiger partial charge in [-0.1, -0.05) is 0 Å². The summed E-state index contributed by atoms with van der Waals surface area (Å²) in [7, 11) is -3.44. The Hall–Kier alpha value is -0.560. The Morgan fingerprint density at radius 3 is 2.73 bits per heavy atom. The predicted molar refractivity (Wildman–Crippen MR) is 57.3 cm³/mol. The van der Waals surface area contributed by atoms with Gasteiger partial charge in [-0.05, 0) is 18.6 Å². The molecule has 0 spiro atoms. The molecule has 0 amide bonds. The van der Waals surface area contributed by atoms with Gasteiger partial charge in [0, 0.05) is 19.1 Å². The Kier molecular flexibility index (Phi) is 3.77. The normalized spacial score (nSPS) is 22.6. The van der Waals surface area contributed by atoms with E-state index in [1.54, 1.807) is 6.07 Å². The molecular formula is C8H13ClN2O3S. The van der Waals surface area contributed by atoms with Gasteiger partial charge in [-0.25, -0.2) is 8.42 Å². The summed E-state index contributed by atoms with van der Waals surface area (Å²) in [6.45, 7) is 0.854. The van der Waals surface area contributed by atoms with Crippen LogP contribution in [0.1, 0.15) is 6.42 Å². The molecule has 86 valence electrons. The van der Waals surface area contributed by atoms with E-state index in [9.17, 15) is 8.42 Å². The maximum atomic E-state index is 11.8. The van der Waals surface area contributed by atoms with E-state index in [4.69, 9.17) is 10.2 Å². The van der Waals surface area contributed by atoms with Gasteiger partial charge in [0.05, 0.1) is 6.26 Å². The molecule has 2 rings (SSSR count). The van der Waals surface area contributed by atoms with Crippen molar-refractivity contribution < 1.29 is 12.8 Å². The second-order valence-electron chi connectivity index (χ2n) is 3.34. The molecule has 1 saturated heterocycles. The molecule has 1 aromatic rings. The van der Waals surface area contributed by atoms with E-state index >= 15 is 0 Å². The number of hydrogen-bond acceptors (Lipinski definition) is 4. The molecule has 1 aliphatic rings. The number of nitrogens with two attached hydrogens (primary N) is 1. The average molecular weight is 253 g/mol. The van der Waals surface area contributed by atoms with Crippen molar-refractivity contribution in [2.24, 2.45) is 5.73 Å². The summed E-state index contributed by atoms with van der Waals surface area (Å²) < 4.78 is 29.9. The number of rotatable bonds is 2. The summed E-state index contributed by atoms with van der Waals surface area (Å²) in [6.07, 6.45) is 2.06. The van der Waals surface area contributed by atoms with Crippen molar-refractivity contribution >= 4 is 22.4 Å². The van der Waals surface area contributed by atoms with Crippen LogP contribution in [0.3, 0.4) is 0 Å². The smallest absolute Gasteiger partial charge is 0.276 e. The average Bonchev–Trinajstić information content (AvgIpc) is 2.72. The van der Waals surface area contributed by atoms with Gasteiger partial charge in [-0.15, -0.1) is 12.4 Å². The van der Waals surface area contributed by atoms with Crippen molar-refractivity contribution in [1.82, 2.24) is 4.31 Å². The molecule has 1 aromatic heterocycles. The molecule has 0 aliphatic carbocycles. The van der Waals surface area contributed by atoms with Crippen LogP contribution in [-0.4, -0.2) is 31.9 Å². The minimum absolute atomic E-state index is 0. The fourth-order valence-corrected chi connectivity index (χ4v) is 2.93. The molecule has 0 saturated carbocycles. The van der Waals surface area contributed by atoms with Gasteiger partial charge in [0.1, 0.15) is 0 Å². The fraction of sp³-hybridized carbons (Fsp3) is 0.500. The van der Waals surface area contributed by atoms with Crippen LogP contribution in [0.5, 0.6) is 0 Å². The number of sulfonamides is 1. The summed E-state index contributed by atoms with van der Waals surface area (Å²) in [5, 5.41) is -0.00778. The standard InChI is InChI=1S/C8H12N2O3S.ClH/c9-7-3-4-10(6-7)14(11,12)8-2-1-5-13-8;/h1-2,5,7H,3-4,6,9H2;1H/t7-;/m1./s1. The third-order valence-electron chi connectivity index (χ3n) is 2.28. The van der Waals surface area contributed by atoms with Crippen LogP contribution in [0.4, 0.5) is 0 Å². The summed E-state index contributed by atoms with van der Waals surface area (Å²) in [4.78, 5) is 0. The fourth-order valence-electron chi connectivity index (χ4n) is 1.51. The quantitative estimate of drug-likeness (QED) is 0.828. The van der Waals surface area contributed by atoms with Gasteiger partial charge >= 0.3 is 0 Å². The first-order chi connectivity index (χ1) is 6.60. The van der Waals surface area contributed by atoms with Crippen LogP contribution in [-0.2, 0) is 10.0 Å². The Morgan fingerprint density at radius 1 is 1.53 bits per heavy atom. The highest BCUT2D eigenvalue weighted by molar-refractivity contribution is 7.89. The van der Waals surface area contributed by atoms with Crippen LogP contribution in [0.15, 0.2) is 27.9 Å². The molecular weight excluding hydrogens is 240 g/mol. The Balaban J connectivity index is 0.00000112. The molecule has 2 N–H and O–H groups in total. The molecule has 1 aliphatic heterocycles. The first kappa shape index (κ1) is 12.5. The highest BCUT2D eigenvalue weighted by Crippen LogP contribution is 2.20. The van der Waals surface area contributed by atoms with Gasteiger partial charge in [0.2, 0.25) is 5.09 Å². The first-order valence-corrected chi connectivity index (χ1v) is 5.84. The third kappa shape index (κ3) is 2.34. The van der Waals surface area contributed by atoms with Gasteiger partial charge in [-0.2, -0.15) is 4.31 Å². The van der Waals surface area contributed by atoms with Crippen LogP contribution in [0, 0.1) is 0 Å². The van der Waals surface area contributed by atoms with E-state index in [-0.39, 0.29) is 23.5 Å². The third-order valence-corrected chi connectivity index (χ3v) is 4.03. The van der Waals surface area contributed by atoms with Crippen molar-refractivity contribution in [2.75, 3.05) is 13.1 Å². The second-order valence-corrected chi connectivity index (χ2v) is 5.21. The first-order valence-electron chi connectivity index (χ1n) is 4.40. The molecule has 0 unspecified atom stereocenters. The molecule has 7 heteroatoms. The van der Waals surface area contributed by atoms with E-state index in [2.05, 4.69) is 0 Å². The lowest BCUT2D eigenvalue weighted by Crippen LogP contribution is -2.31. The van der Waals surface area contributed by atoms with E-state index in [0.29, 0.717) is 19.5 Å². The Morgan fingerprint density at radius 2 is 2.27 bits per heavy atom. The molecule has 0 bridgehead atoms. The zero-order chi connectivity index (χ0) is 10.2. The van der Waals surface area contributed by atoms with Gasteiger partial charge in [-0.3, -0.25) is 0 Å². The molecule has 1 atom stereocenters. The second kappa shape index (κ2) is 4.52. The van der Waals surface area contributed by atoms with E-state index in [0.717, 1.165) is 0 Å². The van der Waals surface area contributed by atoms with E-state index in [1.165, 1.54) is 16.6 Å². The number of halogens is 1.